The number of unbranched alkanes of at least 4 members (excludes halogenated alkanes) is 3. The number of fused-ring (bicyclic) bond motifs is 1. The molecule has 0 saturated carbocycles. The minimum Gasteiger partial charge on any atom is -0.466 e. The summed E-state index contributed by atoms with van der Waals surface area (Å²) in [5.74, 6) is 7.47. The molecule has 0 N–H and O–H groups in total. The second kappa shape index (κ2) is 11.5. The van der Waals surface area contributed by atoms with Crippen molar-refractivity contribution < 1.29 is 9.53 Å². The fourth-order valence-electron chi connectivity index (χ4n) is 3.89. The number of aryl methyl sites for hydroxylation is 1. The number of rotatable bonds is 8. The van der Waals surface area contributed by atoms with Gasteiger partial charge in [-0.2, -0.15) is 0 Å². The van der Waals surface area contributed by atoms with Gasteiger partial charge in [0.1, 0.15) is 5.69 Å². The lowest BCUT2D eigenvalue weighted by Crippen LogP contribution is -2.23. The van der Waals surface area contributed by atoms with Crippen LogP contribution in [0.15, 0.2) is 29.4 Å². The van der Waals surface area contributed by atoms with E-state index in [0.717, 1.165) is 12.0 Å². The molecule has 1 aliphatic rings. The molecule has 170 valence electrons. The zero-order valence-electron chi connectivity index (χ0n) is 19.8. The number of hydrogen-bond acceptors (Lipinski definition) is 5. The molecule has 32 heavy (non-hydrogen) atoms. The fraction of sp³-hybridized carbons (Fsp3) is 0.519. The topological polar surface area (TPSA) is 52.1 Å². The quantitative estimate of drug-likeness (QED) is 0.286. The molecule has 0 aliphatic carbocycles. The molecule has 2 aromatic rings. The van der Waals surface area contributed by atoms with Gasteiger partial charge in [0.05, 0.1) is 31.1 Å². The van der Waals surface area contributed by atoms with Crippen molar-refractivity contribution in [1.82, 2.24) is 9.97 Å². The highest BCUT2D eigenvalue weighted by Crippen LogP contribution is 2.42. The van der Waals surface area contributed by atoms with E-state index >= 15 is 0 Å². The molecule has 0 saturated heterocycles. The molecule has 4 nitrogen and oxygen atoms in total. The maximum Gasteiger partial charge on any atom is 0.311 e. The van der Waals surface area contributed by atoms with Crippen LogP contribution in [0.3, 0.4) is 0 Å². The van der Waals surface area contributed by atoms with Crippen LogP contribution in [0, 0.1) is 11.8 Å². The number of ether oxygens (including phenoxy) is 1. The Morgan fingerprint density at radius 2 is 1.97 bits per heavy atom. The largest absolute Gasteiger partial charge is 0.466 e. The standard InChI is InChI=1S/C27H34N2O2S/c1-5-7-8-9-10-20-16-25-24(27(3,4)13-14-32-25)15-21(20)11-12-22-18-29-23(19-28-22)17-26(30)31-6-2/h15-16,18-19H,5-10,13-14,17H2,1-4H3. The van der Waals surface area contributed by atoms with Gasteiger partial charge < -0.3 is 4.74 Å². The van der Waals surface area contributed by atoms with Crippen LogP contribution in [0.4, 0.5) is 0 Å². The van der Waals surface area contributed by atoms with Crippen LogP contribution in [0.2, 0.25) is 0 Å². The van der Waals surface area contributed by atoms with Crippen LogP contribution in [0.5, 0.6) is 0 Å². The van der Waals surface area contributed by atoms with Crippen LogP contribution in [0.25, 0.3) is 0 Å². The lowest BCUT2D eigenvalue weighted by molar-refractivity contribution is -0.142. The Morgan fingerprint density at radius 3 is 2.69 bits per heavy atom. The van der Waals surface area contributed by atoms with Crippen LogP contribution in [-0.4, -0.2) is 28.3 Å². The van der Waals surface area contributed by atoms with Gasteiger partial charge in [-0.15, -0.1) is 11.8 Å². The fourth-order valence-corrected chi connectivity index (χ4v) is 5.44. The van der Waals surface area contributed by atoms with Crippen molar-refractivity contribution in [1.29, 1.82) is 0 Å². The van der Waals surface area contributed by atoms with E-state index < -0.39 is 0 Å². The number of esters is 1. The first kappa shape index (κ1) is 24.3. The van der Waals surface area contributed by atoms with Gasteiger partial charge in [-0.1, -0.05) is 46.0 Å². The van der Waals surface area contributed by atoms with Crippen LogP contribution >= 0.6 is 11.8 Å². The first-order chi connectivity index (χ1) is 15.4. The lowest BCUT2D eigenvalue weighted by atomic mass is 9.80. The van der Waals surface area contributed by atoms with Gasteiger partial charge in [0.25, 0.3) is 0 Å². The first-order valence-electron chi connectivity index (χ1n) is 11.7. The average Bonchev–Trinajstić information content (AvgIpc) is 2.76. The zero-order chi connectivity index (χ0) is 23.0. The molecule has 1 aliphatic heterocycles. The maximum absolute atomic E-state index is 11.6. The van der Waals surface area contributed by atoms with Crippen molar-refractivity contribution in [3.05, 3.63) is 52.6 Å². The Labute approximate surface area is 197 Å². The number of carbonyl (C=O) groups excluding carboxylic acids is 1. The van der Waals surface area contributed by atoms with Crippen molar-refractivity contribution >= 4 is 17.7 Å². The number of nitrogens with zero attached hydrogens (tertiary/aromatic N) is 2. The summed E-state index contributed by atoms with van der Waals surface area (Å²) in [6.45, 7) is 9.07. The number of benzene rings is 1. The summed E-state index contributed by atoms with van der Waals surface area (Å²) >= 11 is 1.97. The lowest BCUT2D eigenvalue weighted by Gasteiger charge is -2.32. The summed E-state index contributed by atoms with van der Waals surface area (Å²) in [5, 5.41) is 0. The van der Waals surface area contributed by atoms with Gasteiger partial charge in [-0.05, 0) is 66.5 Å². The molecule has 1 aromatic heterocycles. The van der Waals surface area contributed by atoms with Crippen LogP contribution in [0.1, 0.15) is 87.9 Å². The molecular weight excluding hydrogens is 416 g/mol. The van der Waals surface area contributed by atoms with Gasteiger partial charge >= 0.3 is 5.97 Å². The molecule has 0 radical (unpaired) electrons. The first-order valence-corrected chi connectivity index (χ1v) is 12.7. The molecule has 5 heteroatoms. The van der Waals surface area contributed by atoms with E-state index in [4.69, 9.17) is 4.74 Å². The van der Waals surface area contributed by atoms with E-state index in [-0.39, 0.29) is 17.8 Å². The summed E-state index contributed by atoms with van der Waals surface area (Å²) in [4.78, 5) is 21.8. The second-order valence-corrected chi connectivity index (χ2v) is 10.1. The second-order valence-electron chi connectivity index (χ2n) is 8.92. The zero-order valence-corrected chi connectivity index (χ0v) is 20.6. The molecule has 0 fully saturated rings. The molecule has 1 aromatic carbocycles. The third-order valence-electron chi connectivity index (χ3n) is 5.88. The highest BCUT2D eigenvalue weighted by molar-refractivity contribution is 7.99. The van der Waals surface area contributed by atoms with E-state index in [1.54, 1.807) is 19.3 Å². The molecular formula is C27H34N2O2S. The predicted molar refractivity (Wildman–Crippen MR) is 131 cm³/mol. The highest BCUT2D eigenvalue weighted by atomic mass is 32.2. The van der Waals surface area contributed by atoms with Gasteiger partial charge in [0.15, 0.2) is 0 Å². The van der Waals surface area contributed by atoms with E-state index in [0.29, 0.717) is 18.0 Å². The Bertz CT molecular complexity index is 987. The third kappa shape index (κ3) is 6.59. The normalized spacial score (nSPS) is 14.2. The van der Waals surface area contributed by atoms with Gasteiger partial charge in [0, 0.05) is 10.5 Å². The van der Waals surface area contributed by atoms with Gasteiger partial charge in [-0.25, -0.2) is 4.98 Å². The monoisotopic (exact) mass is 450 g/mol. The molecule has 2 heterocycles. The van der Waals surface area contributed by atoms with Crippen molar-refractivity contribution in [2.24, 2.45) is 0 Å². The average molecular weight is 451 g/mol. The van der Waals surface area contributed by atoms with Crippen LogP contribution in [-0.2, 0) is 27.8 Å². The molecule has 3 rings (SSSR count). The van der Waals surface area contributed by atoms with Gasteiger partial charge in [0.2, 0.25) is 0 Å². The minimum absolute atomic E-state index is 0.133. The van der Waals surface area contributed by atoms with Crippen molar-refractivity contribution in [3.8, 4) is 11.8 Å². The summed E-state index contributed by atoms with van der Waals surface area (Å²) in [5.41, 5.74) is 5.23. The Balaban J connectivity index is 1.84. The summed E-state index contributed by atoms with van der Waals surface area (Å²) < 4.78 is 4.97. The van der Waals surface area contributed by atoms with E-state index in [9.17, 15) is 4.79 Å². The maximum atomic E-state index is 11.6. The number of aromatic nitrogens is 2. The third-order valence-corrected chi connectivity index (χ3v) is 6.94. The van der Waals surface area contributed by atoms with Crippen LogP contribution < -0.4 is 0 Å². The van der Waals surface area contributed by atoms with Crippen molar-refractivity contribution in [2.75, 3.05) is 12.4 Å². The summed E-state index contributed by atoms with van der Waals surface area (Å²) in [6, 6.07) is 4.69. The smallest absolute Gasteiger partial charge is 0.311 e. The predicted octanol–water partition coefficient (Wildman–Crippen LogP) is 5.88. The molecule has 0 amide bonds. The molecule has 0 bridgehead atoms. The van der Waals surface area contributed by atoms with Crippen molar-refractivity contribution in [2.45, 2.75) is 83.0 Å². The van der Waals surface area contributed by atoms with E-state index in [1.807, 2.05) is 11.8 Å². The summed E-state index contributed by atoms with van der Waals surface area (Å²) in [6.07, 6.45) is 10.6. The SMILES string of the molecule is CCCCCCc1cc2c(cc1C#Cc1cnc(CC(=O)OCC)cn1)C(C)(C)CCS2. The number of carbonyl (C=O) groups is 1. The molecule has 0 spiro atoms. The number of hydrogen-bond donors (Lipinski definition) is 0. The minimum atomic E-state index is -0.289. The Morgan fingerprint density at radius 1 is 1.12 bits per heavy atom. The van der Waals surface area contributed by atoms with E-state index in [1.165, 1.54) is 53.9 Å². The Kier molecular flexibility index (Phi) is 8.75. The molecule has 0 atom stereocenters. The number of thioether (sulfide) groups is 1. The highest BCUT2D eigenvalue weighted by Gasteiger charge is 2.28. The van der Waals surface area contributed by atoms with Crippen molar-refractivity contribution in [3.63, 3.8) is 0 Å². The van der Waals surface area contributed by atoms with Gasteiger partial charge in [-0.3, -0.25) is 9.78 Å². The Hall–Kier alpha value is -2.32. The summed E-state index contributed by atoms with van der Waals surface area (Å²) in [7, 11) is 0. The van der Waals surface area contributed by atoms with E-state index in [2.05, 4.69) is 54.7 Å². The molecule has 0 unspecified atom stereocenters.